The lowest BCUT2D eigenvalue weighted by molar-refractivity contribution is -0.119. The van der Waals surface area contributed by atoms with E-state index in [4.69, 9.17) is 0 Å². The first kappa shape index (κ1) is 16.9. The van der Waals surface area contributed by atoms with Crippen LogP contribution in [0, 0.1) is 0 Å². The van der Waals surface area contributed by atoms with Crippen LogP contribution in [0.25, 0.3) is 0 Å². The quantitative estimate of drug-likeness (QED) is 0.837. The van der Waals surface area contributed by atoms with E-state index in [0.717, 1.165) is 12.0 Å². The van der Waals surface area contributed by atoms with Gasteiger partial charge >= 0.3 is 0 Å². The van der Waals surface area contributed by atoms with Crippen LogP contribution in [0.15, 0.2) is 42.6 Å². The Kier molecular flexibility index (Phi) is 5.23. The van der Waals surface area contributed by atoms with Crippen LogP contribution in [0.2, 0.25) is 0 Å². The average Bonchev–Trinajstić information content (AvgIpc) is 2.68. The summed E-state index contributed by atoms with van der Waals surface area (Å²) in [6, 6.07) is 11.6. The average molecular weight is 339 g/mol. The second-order valence-electron chi connectivity index (χ2n) is 5.98. The number of benzene rings is 1. The predicted molar refractivity (Wildman–Crippen MR) is 94.1 cm³/mol. The standard InChI is InChI=1S/C18H21N5O2/c1-14(15-5-3-2-4-6-15)20-18-19-8-7-16(21-18)17(25)23-11-9-22(13-24)10-12-23/h2-8,13-14H,9-12H2,1H3,(H,19,20,21). The smallest absolute Gasteiger partial charge is 0.272 e. The van der Waals surface area contributed by atoms with Gasteiger partial charge in [-0.05, 0) is 18.6 Å². The van der Waals surface area contributed by atoms with Crippen molar-refractivity contribution in [2.75, 3.05) is 31.5 Å². The van der Waals surface area contributed by atoms with Crippen LogP contribution >= 0.6 is 0 Å². The lowest BCUT2D eigenvalue weighted by Crippen LogP contribution is -2.48. The van der Waals surface area contributed by atoms with Crippen LogP contribution in [-0.2, 0) is 4.79 Å². The van der Waals surface area contributed by atoms with E-state index in [-0.39, 0.29) is 11.9 Å². The van der Waals surface area contributed by atoms with Gasteiger partial charge in [0.25, 0.3) is 5.91 Å². The number of nitrogens with zero attached hydrogens (tertiary/aromatic N) is 4. The summed E-state index contributed by atoms with van der Waals surface area (Å²) < 4.78 is 0. The topological polar surface area (TPSA) is 78.4 Å². The van der Waals surface area contributed by atoms with Gasteiger partial charge in [-0.25, -0.2) is 9.97 Å². The fraction of sp³-hybridized carbons (Fsp3) is 0.333. The highest BCUT2D eigenvalue weighted by Gasteiger charge is 2.22. The Morgan fingerprint density at radius 1 is 1.16 bits per heavy atom. The number of carbonyl (C=O) groups excluding carboxylic acids is 2. The lowest BCUT2D eigenvalue weighted by atomic mass is 10.1. The number of hydrogen-bond donors (Lipinski definition) is 1. The van der Waals surface area contributed by atoms with Crippen molar-refractivity contribution in [2.24, 2.45) is 0 Å². The van der Waals surface area contributed by atoms with Gasteiger partial charge in [0, 0.05) is 32.4 Å². The number of amides is 2. The van der Waals surface area contributed by atoms with Crippen LogP contribution in [0.1, 0.15) is 29.0 Å². The Balaban J connectivity index is 1.67. The molecule has 130 valence electrons. The second-order valence-corrected chi connectivity index (χ2v) is 5.98. The van der Waals surface area contributed by atoms with Crippen molar-refractivity contribution in [3.05, 3.63) is 53.9 Å². The third-order valence-electron chi connectivity index (χ3n) is 4.27. The molecule has 1 aliphatic rings. The van der Waals surface area contributed by atoms with Crippen LogP contribution in [0.5, 0.6) is 0 Å². The summed E-state index contributed by atoms with van der Waals surface area (Å²) in [4.78, 5) is 35.3. The first-order chi connectivity index (χ1) is 12.2. The van der Waals surface area contributed by atoms with Crippen molar-refractivity contribution in [1.82, 2.24) is 19.8 Å². The summed E-state index contributed by atoms with van der Waals surface area (Å²) in [5.41, 5.74) is 1.48. The molecule has 1 aromatic carbocycles. The maximum Gasteiger partial charge on any atom is 0.272 e. The number of nitrogens with one attached hydrogen (secondary N) is 1. The van der Waals surface area contributed by atoms with E-state index >= 15 is 0 Å². The first-order valence-electron chi connectivity index (χ1n) is 8.30. The van der Waals surface area contributed by atoms with Gasteiger partial charge in [-0.1, -0.05) is 30.3 Å². The van der Waals surface area contributed by atoms with E-state index in [9.17, 15) is 9.59 Å². The molecule has 1 aromatic heterocycles. The molecule has 25 heavy (non-hydrogen) atoms. The van der Waals surface area contributed by atoms with Gasteiger partial charge in [0.2, 0.25) is 12.4 Å². The van der Waals surface area contributed by atoms with Gasteiger partial charge < -0.3 is 15.1 Å². The van der Waals surface area contributed by atoms with Crippen molar-refractivity contribution >= 4 is 18.3 Å². The minimum absolute atomic E-state index is 0.0303. The van der Waals surface area contributed by atoms with E-state index in [1.54, 1.807) is 22.1 Å². The van der Waals surface area contributed by atoms with Crippen molar-refractivity contribution in [3.63, 3.8) is 0 Å². The number of hydrogen-bond acceptors (Lipinski definition) is 5. The van der Waals surface area contributed by atoms with Crippen LogP contribution < -0.4 is 5.32 Å². The SMILES string of the molecule is CC(Nc1nccc(C(=O)N2CCN(C=O)CC2)n1)c1ccccc1. The van der Waals surface area contributed by atoms with Crippen molar-refractivity contribution in [1.29, 1.82) is 0 Å². The van der Waals surface area contributed by atoms with Gasteiger partial charge in [0.1, 0.15) is 5.69 Å². The highest BCUT2D eigenvalue weighted by atomic mass is 16.2. The molecule has 3 rings (SSSR count). The first-order valence-corrected chi connectivity index (χ1v) is 8.30. The Labute approximate surface area is 146 Å². The van der Waals surface area contributed by atoms with Crippen LogP contribution in [0.3, 0.4) is 0 Å². The molecular formula is C18H21N5O2. The van der Waals surface area contributed by atoms with Gasteiger partial charge in [-0.2, -0.15) is 0 Å². The molecule has 0 radical (unpaired) electrons. The Bertz CT molecular complexity index is 729. The Hall–Kier alpha value is -2.96. The molecule has 1 aliphatic heterocycles. The molecule has 1 fully saturated rings. The van der Waals surface area contributed by atoms with Crippen LogP contribution in [0.4, 0.5) is 5.95 Å². The van der Waals surface area contributed by atoms with E-state index in [1.165, 1.54) is 0 Å². The molecule has 1 N–H and O–H groups in total. The molecule has 0 bridgehead atoms. The summed E-state index contributed by atoms with van der Waals surface area (Å²) in [6.07, 6.45) is 2.40. The minimum atomic E-state index is -0.136. The molecule has 2 amide bonds. The highest BCUT2D eigenvalue weighted by Crippen LogP contribution is 2.16. The molecule has 0 aliphatic carbocycles. The number of piperazine rings is 1. The van der Waals surface area contributed by atoms with Gasteiger partial charge in [0.15, 0.2) is 0 Å². The fourth-order valence-electron chi connectivity index (χ4n) is 2.76. The largest absolute Gasteiger partial charge is 0.348 e. The molecule has 1 saturated heterocycles. The van der Waals surface area contributed by atoms with Crippen LogP contribution in [-0.4, -0.2) is 58.3 Å². The summed E-state index contributed by atoms with van der Waals surface area (Å²) >= 11 is 0. The summed E-state index contributed by atoms with van der Waals surface area (Å²) in [5, 5.41) is 3.23. The van der Waals surface area contributed by atoms with Gasteiger partial charge in [-0.15, -0.1) is 0 Å². The molecule has 0 spiro atoms. The third-order valence-corrected chi connectivity index (χ3v) is 4.27. The lowest BCUT2D eigenvalue weighted by Gasteiger charge is -2.32. The van der Waals surface area contributed by atoms with E-state index in [2.05, 4.69) is 15.3 Å². The minimum Gasteiger partial charge on any atom is -0.348 e. The zero-order valence-corrected chi connectivity index (χ0v) is 14.1. The molecule has 2 aromatic rings. The fourth-order valence-corrected chi connectivity index (χ4v) is 2.76. The van der Waals surface area contributed by atoms with Crippen molar-refractivity contribution in [3.8, 4) is 0 Å². The zero-order valence-electron chi connectivity index (χ0n) is 14.1. The molecule has 7 nitrogen and oxygen atoms in total. The molecule has 7 heteroatoms. The number of rotatable bonds is 5. The maximum absolute atomic E-state index is 12.6. The van der Waals surface area contributed by atoms with Gasteiger partial charge in [-0.3, -0.25) is 9.59 Å². The Morgan fingerprint density at radius 3 is 2.56 bits per heavy atom. The number of carbonyl (C=O) groups is 2. The monoisotopic (exact) mass is 339 g/mol. The zero-order chi connectivity index (χ0) is 17.6. The summed E-state index contributed by atoms with van der Waals surface area (Å²) in [7, 11) is 0. The van der Waals surface area contributed by atoms with E-state index in [1.807, 2.05) is 37.3 Å². The summed E-state index contributed by atoms with van der Waals surface area (Å²) in [6.45, 7) is 4.16. The van der Waals surface area contributed by atoms with Crippen molar-refractivity contribution < 1.29 is 9.59 Å². The predicted octanol–water partition coefficient (Wildman–Crippen LogP) is 1.56. The molecule has 1 unspecified atom stereocenters. The second kappa shape index (κ2) is 7.74. The summed E-state index contributed by atoms with van der Waals surface area (Å²) in [5.74, 6) is 0.289. The molecular weight excluding hydrogens is 318 g/mol. The van der Waals surface area contributed by atoms with Crippen molar-refractivity contribution in [2.45, 2.75) is 13.0 Å². The normalized spacial score (nSPS) is 15.6. The maximum atomic E-state index is 12.6. The highest BCUT2D eigenvalue weighted by molar-refractivity contribution is 5.92. The van der Waals surface area contributed by atoms with E-state index in [0.29, 0.717) is 37.8 Å². The molecule has 0 saturated carbocycles. The molecule has 2 heterocycles. The van der Waals surface area contributed by atoms with E-state index < -0.39 is 0 Å². The number of anilines is 1. The van der Waals surface area contributed by atoms with Gasteiger partial charge in [0.05, 0.1) is 6.04 Å². The third kappa shape index (κ3) is 4.12. The Morgan fingerprint density at radius 2 is 1.88 bits per heavy atom. The molecule has 1 atom stereocenters. The number of aromatic nitrogens is 2.